The highest BCUT2D eigenvalue weighted by atomic mass is 16.5. The van der Waals surface area contributed by atoms with Crippen molar-refractivity contribution in [2.75, 3.05) is 13.2 Å². The molecule has 4 heteroatoms. The third-order valence-corrected chi connectivity index (χ3v) is 3.13. The number of carbonyl (C=O) groups excluding carboxylic acids is 1. The summed E-state index contributed by atoms with van der Waals surface area (Å²) >= 11 is 0. The van der Waals surface area contributed by atoms with E-state index < -0.39 is 6.10 Å². The van der Waals surface area contributed by atoms with Gasteiger partial charge in [-0.05, 0) is 38.8 Å². The van der Waals surface area contributed by atoms with Crippen molar-refractivity contribution < 1.29 is 14.6 Å². The molecule has 0 fully saturated rings. The van der Waals surface area contributed by atoms with Crippen LogP contribution in [-0.2, 0) is 4.79 Å². The van der Waals surface area contributed by atoms with E-state index >= 15 is 0 Å². The lowest BCUT2D eigenvalue weighted by Gasteiger charge is -2.30. The summed E-state index contributed by atoms with van der Waals surface area (Å²) in [5.41, 5.74) is 0. The Morgan fingerprint density at radius 3 is 2.45 bits per heavy atom. The maximum absolute atomic E-state index is 12.5. The maximum Gasteiger partial charge on any atom is 0.263 e. The average Bonchev–Trinajstić information content (AvgIpc) is 2.45. The Hall–Kier alpha value is -1.55. The van der Waals surface area contributed by atoms with Crippen molar-refractivity contribution in [3.63, 3.8) is 0 Å². The van der Waals surface area contributed by atoms with Crippen molar-refractivity contribution in [3.8, 4) is 5.75 Å². The topological polar surface area (TPSA) is 49.8 Å². The molecular weight excluding hydrogens is 254 g/mol. The molecular formula is C16H25NO3. The molecule has 1 N–H and O–H groups in total. The molecule has 0 spiro atoms. The standard InChI is InChI=1S/C16H25NO3/c1-4-15(20-14-9-6-5-7-10-14)16(19)17(13(2)3)11-8-12-18/h5-7,9-10,13,15,18H,4,8,11-12H2,1-3H3. The number of para-hydroxylation sites is 1. The lowest BCUT2D eigenvalue weighted by atomic mass is 10.2. The minimum atomic E-state index is -0.474. The van der Waals surface area contributed by atoms with Crippen LogP contribution in [0.5, 0.6) is 5.75 Å². The second-order valence-electron chi connectivity index (χ2n) is 5.03. The van der Waals surface area contributed by atoms with Crippen LogP contribution in [0.4, 0.5) is 0 Å². The monoisotopic (exact) mass is 279 g/mol. The Labute approximate surface area is 121 Å². The molecule has 112 valence electrons. The average molecular weight is 279 g/mol. The maximum atomic E-state index is 12.5. The highest BCUT2D eigenvalue weighted by Crippen LogP contribution is 2.15. The van der Waals surface area contributed by atoms with Crippen LogP contribution >= 0.6 is 0 Å². The molecule has 1 aromatic rings. The van der Waals surface area contributed by atoms with Gasteiger partial charge in [0.1, 0.15) is 5.75 Å². The van der Waals surface area contributed by atoms with Crippen molar-refractivity contribution in [1.29, 1.82) is 0 Å². The van der Waals surface area contributed by atoms with Crippen LogP contribution < -0.4 is 4.74 Å². The van der Waals surface area contributed by atoms with Crippen molar-refractivity contribution >= 4 is 5.91 Å². The van der Waals surface area contributed by atoms with Gasteiger partial charge in [-0.15, -0.1) is 0 Å². The first-order chi connectivity index (χ1) is 9.60. The molecule has 20 heavy (non-hydrogen) atoms. The van der Waals surface area contributed by atoms with Gasteiger partial charge in [0.25, 0.3) is 5.91 Å². The number of benzene rings is 1. The van der Waals surface area contributed by atoms with E-state index in [0.717, 1.165) is 0 Å². The Morgan fingerprint density at radius 1 is 1.30 bits per heavy atom. The predicted molar refractivity (Wildman–Crippen MR) is 79.7 cm³/mol. The zero-order valence-electron chi connectivity index (χ0n) is 12.6. The van der Waals surface area contributed by atoms with Crippen molar-refractivity contribution in [2.24, 2.45) is 0 Å². The molecule has 0 radical (unpaired) electrons. The smallest absolute Gasteiger partial charge is 0.263 e. The minimum absolute atomic E-state index is 0.0141. The molecule has 1 aromatic carbocycles. The van der Waals surface area contributed by atoms with Crippen molar-refractivity contribution in [2.45, 2.75) is 45.8 Å². The minimum Gasteiger partial charge on any atom is -0.481 e. The summed E-state index contributed by atoms with van der Waals surface area (Å²) in [6, 6.07) is 9.49. The van der Waals surface area contributed by atoms with E-state index in [1.165, 1.54) is 0 Å². The molecule has 1 atom stereocenters. The van der Waals surface area contributed by atoms with Crippen LogP contribution in [0.3, 0.4) is 0 Å². The van der Waals surface area contributed by atoms with E-state index in [0.29, 0.717) is 25.1 Å². The van der Waals surface area contributed by atoms with Crippen LogP contribution in [0, 0.1) is 0 Å². The van der Waals surface area contributed by atoms with Gasteiger partial charge in [0.2, 0.25) is 0 Å². The van der Waals surface area contributed by atoms with Gasteiger partial charge in [0.05, 0.1) is 0 Å². The summed E-state index contributed by atoms with van der Waals surface area (Å²) in [7, 11) is 0. The number of carbonyl (C=O) groups is 1. The molecule has 0 aliphatic heterocycles. The van der Waals surface area contributed by atoms with E-state index in [4.69, 9.17) is 9.84 Å². The number of aliphatic hydroxyl groups is 1. The summed E-state index contributed by atoms with van der Waals surface area (Å²) in [5, 5.41) is 8.94. The van der Waals surface area contributed by atoms with E-state index in [2.05, 4.69) is 0 Å². The van der Waals surface area contributed by atoms with Gasteiger partial charge >= 0.3 is 0 Å². The van der Waals surface area contributed by atoms with Gasteiger partial charge in [-0.1, -0.05) is 25.1 Å². The largest absolute Gasteiger partial charge is 0.481 e. The number of hydrogen-bond donors (Lipinski definition) is 1. The molecule has 0 aromatic heterocycles. The molecule has 0 aliphatic rings. The molecule has 0 heterocycles. The molecule has 1 rings (SSSR count). The first-order valence-electron chi connectivity index (χ1n) is 7.23. The molecule has 0 aliphatic carbocycles. The Morgan fingerprint density at radius 2 is 1.95 bits per heavy atom. The van der Waals surface area contributed by atoms with Gasteiger partial charge in [0, 0.05) is 19.2 Å². The van der Waals surface area contributed by atoms with Gasteiger partial charge in [-0.2, -0.15) is 0 Å². The fourth-order valence-corrected chi connectivity index (χ4v) is 2.02. The normalized spacial score (nSPS) is 12.2. The van der Waals surface area contributed by atoms with E-state index in [9.17, 15) is 4.79 Å². The summed E-state index contributed by atoms with van der Waals surface area (Å²) in [6.07, 6.45) is 0.736. The molecule has 1 amide bonds. The second kappa shape index (κ2) is 8.59. The van der Waals surface area contributed by atoms with Crippen LogP contribution in [0.25, 0.3) is 0 Å². The van der Waals surface area contributed by atoms with Crippen LogP contribution in [0.1, 0.15) is 33.6 Å². The third kappa shape index (κ3) is 4.85. The van der Waals surface area contributed by atoms with Crippen LogP contribution in [-0.4, -0.2) is 41.2 Å². The summed E-state index contributed by atoms with van der Waals surface area (Å²) in [5.74, 6) is 0.693. The van der Waals surface area contributed by atoms with Gasteiger partial charge in [-0.25, -0.2) is 0 Å². The summed E-state index contributed by atoms with van der Waals surface area (Å²) in [4.78, 5) is 14.3. The highest BCUT2D eigenvalue weighted by molar-refractivity contribution is 5.81. The fraction of sp³-hybridized carbons (Fsp3) is 0.562. The fourth-order valence-electron chi connectivity index (χ4n) is 2.02. The van der Waals surface area contributed by atoms with Gasteiger partial charge < -0.3 is 14.7 Å². The molecule has 1 unspecified atom stereocenters. The predicted octanol–water partition coefficient (Wildman–Crippen LogP) is 2.46. The van der Waals surface area contributed by atoms with Crippen molar-refractivity contribution in [3.05, 3.63) is 30.3 Å². The Kier molecular flexibility index (Phi) is 7.09. The Bertz CT molecular complexity index is 392. The first kappa shape index (κ1) is 16.5. The second-order valence-corrected chi connectivity index (χ2v) is 5.03. The molecule has 0 saturated heterocycles. The lowest BCUT2D eigenvalue weighted by Crippen LogP contribution is -2.46. The molecule has 0 bridgehead atoms. The number of amides is 1. The van der Waals surface area contributed by atoms with E-state index in [-0.39, 0.29) is 18.6 Å². The zero-order valence-corrected chi connectivity index (χ0v) is 12.6. The van der Waals surface area contributed by atoms with Gasteiger partial charge in [0.15, 0.2) is 6.10 Å². The summed E-state index contributed by atoms with van der Waals surface area (Å²) in [6.45, 7) is 6.54. The molecule has 4 nitrogen and oxygen atoms in total. The van der Waals surface area contributed by atoms with Gasteiger partial charge in [-0.3, -0.25) is 4.79 Å². The Balaban J connectivity index is 2.73. The number of nitrogens with zero attached hydrogens (tertiary/aromatic N) is 1. The summed E-state index contributed by atoms with van der Waals surface area (Å²) < 4.78 is 5.78. The first-order valence-corrected chi connectivity index (χ1v) is 7.23. The number of ether oxygens (including phenoxy) is 1. The van der Waals surface area contributed by atoms with Crippen LogP contribution in [0.2, 0.25) is 0 Å². The number of rotatable bonds is 8. The van der Waals surface area contributed by atoms with E-state index in [1.807, 2.05) is 51.1 Å². The third-order valence-electron chi connectivity index (χ3n) is 3.13. The number of hydrogen-bond acceptors (Lipinski definition) is 3. The molecule has 0 saturated carbocycles. The van der Waals surface area contributed by atoms with E-state index in [1.54, 1.807) is 4.90 Å². The van der Waals surface area contributed by atoms with Crippen LogP contribution in [0.15, 0.2) is 30.3 Å². The lowest BCUT2D eigenvalue weighted by molar-refractivity contribution is -0.140. The zero-order chi connectivity index (χ0) is 15.0. The number of aliphatic hydroxyl groups excluding tert-OH is 1. The SMILES string of the molecule is CCC(Oc1ccccc1)C(=O)N(CCCO)C(C)C. The highest BCUT2D eigenvalue weighted by Gasteiger charge is 2.26. The quantitative estimate of drug-likeness (QED) is 0.795. The van der Waals surface area contributed by atoms with Crippen molar-refractivity contribution in [1.82, 2.24) is 4.90 Å².